The number of halogens is 1. The van der Waals surface area contributed by atoms with Gasteiger partial charge in [-0.05, 0) is 49.1 Å². The Morgan fingerprint density at radius 2 is 1.78 bits per heavy atom. The first-order chi connectivity index (χ1) is 17.6. The molecule has 0 bridgehead atoms. The van der Waals surface area contributed by atoms with Crippen LogP contribution in [-0.2, 0) is 6.42 Å². The first-order valence-corrected chi connectivity index (χ1v) is 12.2. The number of carbonyl (C=O) groups is 1. The third-order valence-corrected chi connectivity index (χ3v) is 7.20. The molecule has 1 aliphatic carbocycles. The van der Waals surface area contributed by atoms with Crippen LogP contribution in [0.1, 0.15) is 40.9 Å². The van der Waals surface area contributed by atoms with Crippen LogP contribution in [0.3, 0.4) is 0 Å². The summed E-state index contributed by atoms with van der Waals surface area (Å²) in [6, 6.07) is 14.1. The number of carbonyl (C=O) groups excluding carboxylic acids is 1. The highest BCUT2D eigenvalue weighted by molar-refractivity contribution is 5.95. The molecule has 2 aromatic carbocycles. The molecule has 1 saturated carbocycles. The van der Waals surface area contributed by atoms with E-state index in [2.05, 4.69) is 25.1 Å². The minimum Gasteiger partial charge on any atom is -0.334 e. The number of rotatable bonds is 6. The third-order valence-electron chi connectivity index (χ3n) is 7.20. The minimum absolute atomic E-state index is 0.0471. The van der Waals surface area contributed by atoms with Crippen LogP contribution in [0.5, 0.6) is 0 Å². The molecule has 2 fully saturated rings. The van der Waals surface area contributed by atoms with Crippen molar-refractivity contribution in [2.24, 2.45) is 0 Å². The lowest BCUT2D eigenvalue weighted by Crippen LogP contribution is -2.64. The Morgan fingerprint density at radius 1 is 1.03 bits per heavy atom. The van der Waals surface area contributed by atoms with Gasteiger partial charge >= 0.3 is 0 Å². The number of likely N-dealkylation sites (tertiary alicyclic amines) is 1. The van der Waals surface area contributed by atoms with E-state index in [1.54, 1.807) is 47.6 Å². The van der Waals surface area contributed by atoms with Crippen molar-refractivity contribution in [3.63, 3.8) is 0 Å². The zero-order valence-electron chi connectivity index (χ0n) is 19.6. The van der Waals surface area contributed by atoms with Crippen LogP contribution in [0.2, 0.25) is 0 Å². The summed E-state index contributed by atoms with van der Waals surface area (Å²) in [6.45, 7) is 1.01. The van der Waals surface area contributed by atoms with Gasteiger partial charge < -0.3 is 9.80 Å². The summed E-state index contributed by atoms with van der Waals surface area (Å²) in [4.78, 5) is 38.1. The molecule has 1 amide bonds. The molecule has 0 atom stereocenters. The predicted octanol–water partition coefficient (Wildman–Crippen LogP) is 3.33. The highest BCUT2D eigenvalue weighted by Gasteiger charge is 2.41. The maximum absolute atomic E-state index is 14.8. The van der Waals surface area contributed by atoms with Gasteiger partial charge in [-0.3, -0.25) is 9.59 Å². The zero-order valence-corrected chi connectivity index (χ0v) is 19.6. The van der Waals surface area contributed by atoms with Crippen molar-refractivity contribution >= 4 is 22.6 Å². The van der Waals surface area contributed by atoms with Gasteiger partial charge in [0.15, 0.2) is 0 Å². The molecule has 0 unspecified atom stereocenters. The summed E-state index contributed by atoms with van der Waals surface area (Å²) >= 11 is 0. The van der Waals surface area contributed by atoms with Crippen LogP contribution in [-0.4, -0.2) is 56.1 Å². The molecule has 0 spiro atoms. The molecule has 9 heteroatoms. The summed E-state index contributed by atoms with van der Waals surface area (Å²) in [6.07, 6.45) is 7.19. The molecule has 8 nitrogen and oxygen atoms in total. The fraction of sp³-hybridized carbons (Fsp3) is 0.296. The highest BCUT2D eigenvalue weighted by atomic mass is 19.1. The van der Waals surface area contributed by atoms with E-state index in [0.29, 0.717) is 42.6 Å². The molecule has 2 aliphatic rings. The van der Waals surface area contributed by atoms with Crippen LogP contribution in [0.25, 0.3) is 10.8 Å². The molecule has 3 heterocycles. The summed E-state index contributed by atoms with van der Waals surface area (Å²) in [5.41, 5.74) is 1.20. The normalized spacial score (nSPS) is 16.0. The average Bonchev–Trinajstić information content (AvgIpc) is 2.85. The number of nitrogens with zero attached hydrogens (tertiary/aromatic N) is 5. The largest absolute Gasteiger partial charge is 0.334 e. The number of aromatic nitrogens is 4. The van der Waals surface area contributed by atoms with Crippen molar-refractivity contribution in [3.8, 4) is 0 Å². The Kier molecular flexibility index (Phi) is 5.67. The lowest BCUT2D eigenvalue weighted by molar-refractivity contribution is 0.0574. The highest BCUT2D eigenvalue weighted by Crippen LogP contribution is 2.32. The van der Waals surface area contributed by atoms with Gasteiger partial charge in [-0.2, -0.15) is 5.10 Å². The fourth-order valence-electron chi connectivity index (χ4n) is 5.03. The van der Waals surface area contributed by atoms with Crippen LogP contribution in [0, 0.1) is 5.82 Å². The van der Waals surface area contributed by atoms with E-state index in [1.807, 2.05) is 12.1 Å². The molecule has 6 rings (SSSR count). The molecular formula is C27H25FN6O2. The Labute approximate surface area is 206 Å². The van der Waals surface area contributed by atoms with E-state index in [9.17, 15) is 14.0 Å². The number of fused-ring (bicyclic) bond motifs is 1. The van der Waals surface area contributed by atoms with Gasteiger partial charge in [0.1, 0.15) is 5.82 Å². The first-order valence-electron chi connectivity index (χ1n) is 12.2. The molecule has 36 heavy (non-hydrogen) atoms. The Bertz CT molecular complexity index is 1480. The van der Waals surface area contributed by atoms with Crippen LogP contribution >= 0.6 is 0 Å². The third kappa shape index (κ3) is 4.00. The molecule has 4 aromatic rings. The maximum Gasteiger partial charge on any atom is 0.272 e. The molecule has 2 aromatic heterocycles. The fourth-order valence-corrected chi connectivity index (χ4v) is 5.03. The zero-order chi connectivity index (χ0) is 24.6. The van der Waals surface area contributed by atoms with Crippen molar-refractivity contribution in [3.05, 3.63) is 93.9 Å². The first kappa shape index (κ1) is 22.3. The van der Waals surface area contributed by atoms with E-state index in [0.717, 1.165) is 23.8 Å². The van der Waals surface area contributed by atoms with Crippen molar-refractivity contribution in [2.75, 3.05) is 18.0 Å². The van der Waals surface area contributed by atoms with Gasteiger partial charge in [0.05, 0.1) is 22.7 Å². The van der Waals surface area contributed by atoms with Gasteiger partial charge in [-0.15, -0.1) is 0 Å². The van der Waals surface area contributed by atoms with Gasteiger partial charge in [0.2, 0.25) is 5.95 Å². The number of hydrogen-bond acceptors (Lipinski definition) is 6. The second-order valence-electron chi connectivity index (χ2n) is 9.44. The summed E-state index contributed by atoms with van der Waals surface area (Å²) in [5, 5.41) is 8.02. The molecule has 1 N–H and O–H groups in total. The molecule has 1 aliphatic heterocycles. The lowest BCUT2D eigenvalue weighted by Gasteiger charge is -2.50. The standard InChI is InChI=1S/C27H25FN6O2/c28-23-10-9-17(14-24-20-7-1-2-8-21(20)25(35)32-31-24)13-22(23)26(36)33-15-19(16-33)34(18-5-3-6-18)27-29-11-4-12-30-27/h1-2,4,7-13,18-19H,3,5-6,14-16H2,(H,32,35). The van der Waals surface area contributed by atoms with Gasteiger partial charge in [0.25, 0.3) is 11.5 Å². The van der Waals surface area contributed by atoms with Crippen molar-refractivity contribution in [1.29, 1.82) is 0 Å². The number of hydrogen-bond donors (Lipinski definition) is 1. The predicted molar refractivity (Wildman–Crippen MR) is 133 cm³/mol. The Morgan fingerprint density at radius 3 is 2.50 bits per heavy atom. The minimum atomic E-state index is -0.547. The Balaban J connectivity index is 1.20. The van der Waals surface area contributed by atoms with Gasteiger partial charge in [-0.25, -0.2) is 19.5 Å². The number of aromatic amines is 1. The molecule has 0 radical (unpaired) electrons. The number of amides is 1. The van der Waals surface area contributed by atoms with Crippen LogP contribution in [0.15, 0.2) is 65.7 Å². The second kappa shape index (κ2) is 9.14. The molecular weight excluding hydrogens is 459 g/mol. The lowest BCUT2D eigenvalue weighted by atomic mass is 9.89. The number of nitrogens with one attached hydrogen (secondary N) is 1. The number of benzene rings is 2. The van der Waals surface area contributed by atoms with E-state index in [1.165, 1.54) is 12.5 Å². The molecule has 1 saturated heterocycles. The van der Waals surface area contributed by atoms with Crippen molar-refractivity contribution in [1.82, 2.24) is 25.1 Å². The quantitative estimate of drug-likeness (QED) is 0.451. The maximum atomic E-state index is 14.8. The topological polar surface area (TPSA) is 95.1 Å². The Hall–Kier alpha value is -4.14. The monoisotopic (exact) mass is 484 g/mol. The van der Waals surface area contributed by atoms with Crippen LogP contribution < -0.4 is 10.5 Å². The second-order valence-corrected chi connectivity index (χ2v) is 9.44. The van der Waals surface area contributed by atoms with E-state index < -0.39 is 5.82 Å². The van der Waals surface area contributed by atoms with Gasteiger partial charge in [0, 0.05) is 43.3 Å². The van der Waals surface area contributed by atoms with Crippen molar-refractivity contribution < 1.29 is 9.18 Å². The summed E-state index contributed by atoms with van der Waals surface area (Å²) in [7, 11) is 0. The summed E-state index contributed by atoms with van der Waals surface area (Å²) in [5.74, 6) is -0.186. The van der Waals surface area contributed by atoms with Gasteiger partial charge in [-0.1, -0.05) is 24.3 Å². The molecule has 182 valence electrons. The van der Waals surface area contributed by atoms with E-state index >= 15 is 0 Å². The number of anilines is 1. The van der Waals surface area contributed by atoms with Crippen molar-refractivity contribution in [2.45, 2.75) is 37.8 Å². The number of H-pyrrole nitrogens is 1. The van der Waals surface area contributed by atoms with Crippen LogP contribution in [0.4, 0.5) is 10.3 Å². The SMILES string of the molecule is O=C(c1cc(Cc2n[nH]c(=O)c3ccccc23)ccc1F)N1CC(N(c2ncccn2)C2CCC2)C1. The van der Waals surface area contributed by atoms with E-state index in [-0.39, 0.29) is 23.1 Å². The smallest absolute Gasteiger partial charge is 0.272 e. The van der Waals surface area contributed by atoms with E-state index in [4.69, 9.17) is 0 Å². The summed E-state index contributed by atoms with van der Waals surface area (Å²) < 4.78 is 14.8. The average molecular weight is 485 g/mol.